The number of rotatable bonds is 10. The first-order valence-electron chi connectivity index (χ1n) is 11.4. The molecule has 0 aliphatic heterocycles. The SMILES string of the molecule is CCCn1c(COC(=O)c2ccc(OC(C)(C)C(=O)O)cc2)nn(Cc2ccc(C)c(C)c2)c1=O. The van der Waals surface area contributed by atoms with E-state index in [1.165, 1.54) is 52.9 Å². The van der Waals surface area contributed by atoms with E-state index in [4.69, 9.17) is 9.47 Å². The molecule has 0 saturated carbocycles. The van der Waals surface area contributed by atoms with Gasteiger partial charge in [-0.3, -0.25) is 4.57 Å². The maximum absolute atomic E-state index is 12.9. The Kier molecular flexibility index (Phi) is 7.78. The monoisotopic (exact) mass is 481 g/mol. The zero-order chi connectivity index (χ0) is 25.8. The molecule has 3 rings (SSSR count). The summed E-state index contributed by atoms with van der Waals surface area (Å²) in [7, 11) is 0. The second-order valence-corrected chi connectivity index (χ2v) is 8.94. The van der Waals surface area contributed by atoms with Crippen LogP contribution >= 0.6 is 0 Å². The van der Waals surface area contributed by atoms with E-state index in [-0.39, 0.29) is 17.9 Å². The van der Waals surface area contributed by atoms with Crippen molar-refractivity contribution in [2.24, 2.45) is 0 Å². The first kappa shape index (κ1) is 25.7. The van der Waals surface area contributed by atoms with Crippen molar-refractivity contribution in [2.75, 3.05) is 0 Å². The number of esters is 1. The van der Waals surface area contributed by atoms with E-state index in [1.807, 2.05) is 39.0 Å². The van der Waals surface area contributed by atoms with Crippen LogP contribution in [-0.2, 0) is 29.2 Å². The molecular formula is C26H31N3O6. The Balaban J connectivity index is 1.72. The van der Waals surface area contributed by atoms with Crippen molar-refractivity contribution < 1.29 is 24.2 Å². The molecule has 2 aromatic carbocycles. The number of carboxylic acid groups (broad SMARTS) is 1. The zero-order valence-corrected chi connectivity index (χ0v) is 20.7. The number of ether oxygens (including phenoxy) is 2. The Bertz CT molecular complexity index is 1270. The number of benzene rings is 2. The summed E-state index contributed by atoms with van der Waals surface area (Å²) >= 11 is 0. The fraction of sp³-hybridized carbons (Fsp3) is 0.385. The third-order valence-electron chi connectivity index (χ3n) is 5.66. The van der Waals surface area contributed by atoms with Crippen LogP contribution in [0.3, 0.4) is 0 Å². The normalized spacial score (nSPS) is 11.3. The van der Waals surface area contributed by atoms with Crippen molar-refractivity contribution in [2.45, 2.75) is 66.3 Å². The Morgan fingerprint density at radius 3 is 2.34 bits per heavy atom. The number of aryl methyl sites for hydroxylation is 2. The topological polar surface area (TPSA) is 113 Å². The number of nitrogens with zero attached hydrogens (tertiary/aromatic N) is 3. The molecule has 1 N–H and O–H groups in total. The average molecular weight is 482 g/mol. The molecule has 35 heavy (non-hydrogen) atoms. The zero-order valence-electron chi connectivity index (χ0n) is 20.7. The molecule has 0 aliphatic carbocycles. The molecule has 1 heterocycles. The number of aromatic nitrogens is 3. The molecule has 0 bridgehead atoms. The summed E-state index contributed by atoms with van der Waals surface area (Å²) in [5, 5.41) is 13.6. The van der Waals surface area contributed by atoms with Gasteiger partial charge in [-0.25, -0.2) is 19.1 Å². The van der Waals surface area contributed by atoms with Crippen LogP contribution in [-0.4, -0.2) is 37.0 Å². The van der Waals surface area contributed by atoms with E-state index in [0.717, 1.165) is 17.5 Å². The third kappa shape index (κ3) is 6.17. The molecular weight excluding hydrogens is 450 g/mol. The standard InChI is InChI=1S/C26H31N3O6/c1-6-13-28-22(27-29(25(28)33)15-19-8-7-17(2)18(3)14-19)16-34-23(30)20-9-11-21(12-10-20)35-26(4,5)24(31)32/h7-12,14H,6,13,15-16H2,1-5H3,(H,31,32). The van der Waals surface area contributed by atoms with Crippen LogP contribution in [0.1, 0.15) is 60.1 Å². The summed E-state index contributed by atoms with van der Waals surface area (Å²) in [6.07, 6.45) is 0.727. The number of hydrogen-bond acceptors (Lipinski definition) is 6. The van der Waals surface area contributed by atoms with Crippen LogP contribution in [0.4, 0.5) is 0 Å². The van der Waals surface area contributed by atoms with E-state index in [2.05, 4.69) is 5.10 Å². The summed E-state index contributed by atoms with van der Waals surface area (Å²) in [6.45, 7) is 9.52. The lowest BCUT2D eigenvalue weighted by Gasteiger charge is -2.21. The van der Waals surface area contributed by atoms with Crippen molar-refractivity contribution in [3.05, 3.63) is 81.0 Å². The molecule has 3 aromatic rings. The highest BCUT2D eigenvalue weighted by Crippen LogP contribution is 2.20. The van der Waals surface area contributed by atoms with Crippen LogP contribution in [0.25, 0.3) is 0 Å². The van der Waals surface area contributed by atoms with Gasteiger partial charge in [0.2, 0.25) is 0 Å². The number of aliphatic carboxylic acids is 1. The van der Waals surface area contributed by atoms with Gasteiger partial charge in [0, 0.05) is 6.54 Å². The number of hydrogen-bond donors (Lipinski definition) is 1. The highest BCUT2D eigenvalue weighted by atomic mass is 16.5. The van der Waals surface area contributed by atoms with Crippen LogP contribution in [0.5, 0.6) is 5.75 Å². The predicted molar refractivity (Wildman–Crippen MR) is 130 cm³/mol. The first-order chi connectivity index (χ1) is 16.5. The Morgan fingerprint density at radius 1 is 1.06 bits per heavy atom. The van der Waals surface area contributed by atoms with Crippen LogP contribution in [0.15, 0.2) is 47.3 Å². The van der Waals surface area contributed by atoms with E-state index in [0.29, 0.717) is 24.7 Å². The third-order valence-corrected chi connectivity index (χ3v) is 5.66. The molecule has 1 aromatic heterocycles. The maximum Gasteiger partial charge on any atom is 0.347 e. The summed E-state index contributed by atoms with van der Waals surface area (Å²) in [5.74, 6) is -1.00. The summed E-state index contributed by atoms with van der Waals surface area (Å²) < 4.78 is 13.8. The molecule has 9 heteroatoms. The van der Waals surface area contributed by atoms with Gasteiger partial charge < -0.3 is 14.6 Å². The second-order valence-electron chi connectivity index (χ2n) is 8.94. The highest BCUT2D eigenvalue weighted by molar-refractivity contribution is 5.89. The average Bonchev–Trinajstić information content (AvgIpc) is 3.09. The van der Waals surface area contributed by atoms with Crippen molar-refractivity contribution in [1.29, 1.82) is 0 Å². The van der Waals surface area contributed by atoms with Gasteiger partial charge in [-0.05, 0) is 75.1 Å². The molecule has 0 atom stereocenters. The molecule has 0 saturated heterocycles. The van der Waals surface area contributed by atoms with Gasteiger partial charge in [0.15, 0.2) is 18.0 Å². The molecule has 186 valence electrons. The maximum atomic E-state index is 12.9. The molecule has 0 fully saturated rings. The molecule has 0 unspecified atom stereocenters. The van der Waals surface area contributed by atoms with Crippen LogP contribution in [0.2, 0.25) is 0 Å². The van der Waals surface area contributed by atoms with Crippen LogP contribution in [0, 0.1) is 13.8 Å². The van der Waals surface area contributed by atoms with Gasteiger partial charge in [-0.15, -0.1) is 0 Å². The van der Waals surface area contributed by atoms with Crippen molar-refractivity contribution in [3.63, 3.8) is 0 Å². The van der Waals surface area contributed by atoms with Gasteiger partial charge in [0.25, 0.3) is 0 Å². The van der Waals surface area contributed by atoms with E-state index in [1.54, 1.807) is 0 Å². The first-order valence-corrected chi connectivity index (χ1v) is 11.4. The van der Waals surface area contributed by atoms with Gasteiger partial charge in [0.05, 0.1) is 12.1 Å². The molecule has 0 spiro atoms. The molecule has 0 aliphatic rings. The van der Waals surface area contributed by atoms with Crippen molar-refractivity contribution >= 4 is 11.9 Å². The Morgan fingerprint density at radius 2 is 1.74 bits per heavy atom. The van der Waals surface area contributed by atoms with Gasteiger partial charge in [-0.2, -0.15) is 5.10 Å². The predicted octanol–water partition coefficient (Wildman–Crippen LogP) is 3.72. The van der Waals surface area contributed by atoms with Crippen LogP contribution < -0.4 is 10.4 Å². The summed E-state index contributed by atoms with van der Waals surface area (Å²) in [4.78, 5) is 36.7. The Labute approximate surface area is 203 Å². The fourth-order valence-electron chi connectivity index (χ4n) is 3.43. The minimum atomic E-state index is -1.40. The second kappa shape index (κ2) is 10.6. The number of carbonyl (C=O) groups excluding carboxylic acids is 1. The van der Waals surface area contributed by atoms with E-state index < -0.39 is 17.5 Å². The van der Waals surface area contributed by atoms with Gasteiger partial charge in [-0.1, -0.05) is 25.1 Å². The minimum Gasteiger partial charge on any atom is -0.478 e. The largest absolute Gasteiger partial charge is 0.478 e. The van der Waals surface area contributed by atoms with Crippen molar-refractivity contribution in [1.82, 2.24) is 14.3 Å². The number of carbonyl (C=O) groups is 2. The smallest absolute Gasteiger partial charge is 0.347 e. The fourth-order valence-corrected chi connectivity index (χ4v) is 3.43. The van der Waals surface area contributed by atoms with E-state index in [9.17, 15) is 19.5 Å². The highest BCUT2D eigenvalue weighted by Gasteiger charge is 2.29. The summed E-state index contributed by atoms with van der Waals surface area (Å²) in [6, 6.07) is 12.0. The van der Waals surface area contributed by atoms with Gasteiger partial charge >= 0.3 is 17.6 Å². The minimum absolute atomic E-state index is 0.154. The Hall–Kier alpha value is -3.88. The molecule has 9 nitrogen and oxygen atoms in total. The molecule has 0 radical (unpaired) electrons. The molecule has 0 amide bonds. The van der Waals surface area contributed by atoms with E-state index >= 15 is 0 Å². The lowest BCUT2D eigenvalue weighted by Crippen LogP contribution is -2.37. The summed E-state index contributed by atoms with van der Waals surface area (Å²) in [5.41, 5.74) is 1.90. The lowest BCUT2D eigenvalue weighted by molar-refractivity contribution is -0.152. The lowest BCUT2D eigenvalue weighted by atomic mass is 10.1. The van der Waals surface area contributed by atoms with Crippen molar-refractivity contribution in [3.8, 4) is 5.75 Å². The quantitative estimate of drug-likeness (QED) is 0.439. The number of carboxylic acids is 1. The van der Waals surface area contributed by atoms with Gasteiger partial charge in [0.1, 0.15) is 5.75 Å².